The molecule has 0 fully saturated rings. The first-order valence-corrected chi connectivity index (χ1v) is 8.31. The Morgan fingerprint density at radius 3 is 2.27 bits per heavy atom. The van der Waals surface area contributed by atoms with Gasteiger partial charge in [-0.15, -0.1) is 0 Å². The van der Waals surface area contributed by atoms with Crippen LogP contribution >= 0.6 is 0 Å². The van der Waals surface area contributed by atoms with E-state index in [9.17, 15) is 9.59 Å². The second-order valence-corrected chi connectivity index (χ2v) is 6.13. The number of nitrogens with one attached hydrogen (secondary N) is 1. The van der Waals surface area contributed by atoms with E-state index < -0.39 is 18.1 Å². The summed E-state index contributed by atoms with van der Waals surface area (Å²) < 4.78 is 9.98. The van der Waals surface area contributed by atoms with Gasteiger partial charge < -0.3 is 20.5 Å². The molecule has 2 aromatic rings. The van der Waals surface area contributed by atoms with E-state index in [4.69, 9.17) is 15.2 Å². The molecule has 0 aliphatic heterocycles. The number of alkyl carbamates (subject to hydrolysis) is 1. The van der Waals surface area contributed by atoms with Gasteiger partial charge in [0.1, 0.15) is 12.6 Å². The summed E-state index contributed by atoms with van der Waals surface area (Å²) in [5.41, 5.74) is 10.3. The number of hydrogen-bond donors (Lipinski definition) is 2. The summed E-state index contributed by atoms with van der Waals surface area (Å²) in [6, 6.07) is 12.3. The van der Waals surface area contributed by atoms with Gasteiger partial charge in [0.25, 0.3) is 0 Å². The first kappa shape index (κ1) is 19.3. The van der Waals surface area contributed by atoms with Crippen LogP contribution in [0.15, 0.2) is 42.5 Å². The average Bonchev–Trinajstić information content (AvgIpc) is 2.64. The molecule has 0 unspecified atom stereocenters. The molecule has 0 saturated carbocycles. The molecular formula is C20H24N2O4. The van der Waals surface area contributed by atoms with Crippen LogP contribution in [0.2, 0.25) is 0 Å². The Bertz CT molecular complexity index is 752. The number of esters is 1. The van der Waals surface area contributed by atoms with E-state index in [2.05, 4.69) is 5.32 Å². The molecule has 6 nitrogen and oxygen atoms in total. The van der Waals surface area contributed by atoms with E-state index in [1.807, 2.05) is 56.3 Å². The van der Waals surface area contributed by atoms with E-state index >= 15 is 0 Å². The number of hydrogen-bond acceptors (Lipinski definition) is 5. The highest BCUT2D eigenvalue weighted by molar-refractivity contribution is 5.81. The van der Waals surface area contributed by atoms with Crippen molar-refractivity contribution >= 4 is 17.7 Å². The topological polar surface area (TPSA) is 90.6 Å². The van der Waals surface area contributed by atoms with Gasteiger partial charge in [0, 0.05) is 12.1 Å². The molecule has 0 aromatic heterocycles. The lowest BCUT2D eigenvalue weighted by Gasteiger charge is -2.18. The van der Waals surface area contributed by atoms with Crippen molar-refractivity contribution in [1.29, 1.82) is 0 Å². The summed E-state index contributed by atoms with van der Waals surface area (Å²) in [5.74, 6) is -0.534. The van der Waals surface area contributed by atoms with Crippen LogP contribution in [0.1, 0.15) is 22.3 Å². The summed E-state index contributed by atoms with van der Waals surface area (Å²) in [7, 11) is 1.28. The molecular weight excluding hydrogens is 332 g/mol. The standard InChI is InChI=1S/C20H24N2O4/c1-13-9-16(10-14(2)18(13)21)11-17(19(23)25-3)22-20(24)26-12-15-7-5-4-6-8-15/h4-10,17H,11-12,21H2,1-3H3,(H,22,24)/t17-/m1/s1. The Balaban J connectivity index is 2.03. The molecule has 0 heterocycles. The van der Waals surface area contributed by atoms with E-state index in [0.717, 1.165) is 27.9 Å². The number of rotatable bonds is 6. The van der Waals surface area contributed by atoms with Crippen LogP contribution in [0.25, 0.3) is 0 Å². The molecule has 26 heavy (non-hydrogen) atoms. The van der Waals surface area contributed by atoms with Crippen LogP contribution < -0.4 is 11.1 Å². The fraction of sp³-hybridized carbons (Fsp3) is 0.300. The van der Waals surface area contributed by atoms with Gasteiger partial charge in [-0.1, -0.05) is 42.5 Å². The van der Waals surface area contributed by atoms with Gasteiger partial charge in [0.2, 0.25) is 0 Å². The first-order chi connectivity index (χ1) is 12.4. The van der Waals surface area contributed by atoms with Gasteiger partial charge in [0.05, 0.1) is 7.11 Å². The van der Waals surface area contributed by atoms with Crippen molar-refractivity contribution in [3.8, 4) is 0 Å². The molecule has 1 atom stereocenters. The van der Waals surface area contributed by atoms with Crippen molar-refractivity contribution in [3.05, 3.63) is 64.7 Å². The third kappa shape index (κ3) is 5.24. The number of carbonyl (C=O) groups excluding carboxylic acids is 2. The van der Waals surface area contributed by atoms with Crippen LogP contribution in [0.4, 0.5) is 10.5 Å². The Morgan fingerprint density at radius 1 is 1.08 bits per heavy atom. The molecule has 0 bridgehead atoms. The molecule has 2 rings (SSSR count). The third-order valence-electron chi connectivity index (χ3n) is 4.08. The normalized spacial score (nSPS) is 11.5. The maximum absolute atomic E-state index is 12.1. The maximum Gasteiger partial charge on any atom is 0.408 e. The molecule has 0 aliphatic rings. The van der Waals surface area contributed by atoms with Crippen LogP contribution in [0.5, 0.6) is 0 Å². The predicted molar refractivity (Wildman–Crippen MR) is 99.6 cm³/mol. The number of nitrogens with two attached hydrogens (primary N) is 1. The van der Waals surface area contributed by atoms with Crippen LogP contribution in [0, 0.1) is 13.8 Å². The number of methoxy groups -OCH3 is 1. The largest absolute Gasteiger partial charge is 0.467 e. The first-order valence-electron chi connectivity index (χ1n) is 8.31. The summed E-state index contributed by atoms with van der Waals surface area (Å²) >= 11 is 0. The van der Waals surface area contributed by atoms with Gasteiger partial charge in [-0.05, 0) is 36.1 Å². The lowest BCUT2D eigenvalue weighted by atomic mass is 9.99. The smallest absolute Gasteiger partial charge is 0.408 e. The summed E-state index contributed by atoms with van der Waals surface area (Å²) in [6.07, 6.45) is -0.386. The van der Waals surface area contributed by atoms with Crippen molar-refractivity contribution in [2.24, 2.45) is 0 Å². The molecule has 0 spiro atoms. The van der Waals surface area contributed by atoms with E-state index in [1.54, 1.807) is 0 Å². The minimum Gasteiger partial charge on any atom is -0.467 e. The Labute approximate surface area is 153 Å². The molecule has 138 valence electrons. The monoisotopic (exact) mass is 356 g/mol. The van der Waals surface area contributed by atoms with Gasteiger partial charge in [-0.2, -0.15) is 0 Å². The average molecular weight is 356 g/mol. The van der Waals surface area contributed by atoms with Crippen molar-refractivity contribution in [2.45, 2.75) is 32.9 Å². The summed E-state index contributed by atoms with van der Waals surface area (Å²) in [6.45, 7) is 3.93. The van der Waals surface area contributed by atoms with Gasteiger partial charge in [-0.3, -0.25) is 0 Å². The zero-order chi connectivity index (χ0) is 19.1. The molecule has 0 radical (unpaired) electrons. The highest BCUT2D eigenvalue weighted by Gasteiger charge is 2.23. The minimum absolute atomic E-state index is 0.126. The second kappa shape index (κ2) is 8.89. The second-order valence-electron chi connectivity index (χ2n) is 6.13. The number of carbonyl (C=O) groups is 2. The van der Waals surface area contributed by atoms with Gasteiger partial charge in [-0.25, -0.2) is 9.59 Å². The predicted octanol–water partition coefficient (Wildman–Crippen LogP) is 2.90. The van der Waals surface area contributed by atoms with Gasteiger partial charge >= 0.3 is 12.1 Å². The lowest BCUT2D eigenvalue weighted by molar-refractivity contribution is -0.143. The molecule has 2 aromatic carbocycles. The molecule has 3 N–H and O–H groups in total. The van der Waals surface area contributed by atoms with E-state index in [0.29, 0.717) is 0 Å². The highest BCUT2D eigenvalue weighted by atomic mass is 16.6. The van der Waals surface area contributed by atoms with E-state index in [-0.39, 0.29) is 13.0 Å². The quantitative estimate of drug-likeness (QED) is 0.613. The fourth-order valence-electron chi connectivity index (χ4n) is 2.66. The zero-order valence-electron chi connectivity index (χ0n) is 15.2. The number of amides is 1. The Hall–Kier alpha value is -3.02. The van der Waals surface area contributed by atoms with Gasteiger partial charge in [0.15, 0.2) is 0 Å². The summed E-state index contributed by atoms with van der Waals surface area (Å²) in [4.78, 5) is 24.1. The van der Waals surface area contributed by atoms with E-state index in [1.165, 1.54) is 7.11 Å². The number of ether oxygens (including phenoxy) is 2. The van der Waals surface area contributed by atoms with Crippen molar-refractivity contribution in [3.63, 3.8) is 0 Å². The SMILES string of the molecule is COC(=O)[C@@H](Cc1cc(C)c(N)c(C)c1)NC(=O)OCc1ccccc1. The molecule has 1 amide bonds. The van der Waals surface area contributed by atoms with Crippen molar-refractivity contribution in [2.75, 3.05) is 12.8 Å². The minimum atomic E-state index is -0.842. The fourth-order valence-corrected chi connectivity index (χ4v) is 2.66. The molecule has 6 heteroatoms. The number of aryl methyl sites for hydroxylation is 2. The molecule has 0 saturated heterocycles. The Kier molecular flexibility index (Phi) is 6.60. The Morgan fingerprint density at radius 2 is 1.69 bits per heavy atom. The van der Waals surface area contributed by atoms with Crippen molar-refractivity contribution < 1.29 is 19.1 Å². The van der Waals surface area contributed by atoms with Crippen molar-refractivity contribution in [1.82, 2.24) is 5.32 Å². The molecule has 0 aliphatic carbocycles. The van der Waals surface area contributed by atoms with Crippen LogP contribution in [-0.2, 0) is 27.3 Å². The zero-order valence-corrected chi connectivity index (χ0v) is 15.2. The van der Waals surface area contributed by atoms with Crippen LogP contribution in [0.3, 0.4) is 0 Å². The maximum atomic E-state index is 12.1. The number of nitrogen functional groups attached to an aromatic ring is 1. The number of anilines is 1. The third-order valence-corrected chi connectivity index (χ3v) is 4.08. The summed E-state index contributed by atoms with van der Waals surface area (Å²) in [5, 5.41) is 2.57. The number of benzene rings is 2. The lowest BCUT2D eigenvalue weighted by Crippen LogP contribution is -2.43. The van der Waals surface area contributed by atoms with Crippen LogP contribution in [-0.4, -0.2) is 25.2 Å². The highest BCUT2D eigenvalue weighted by Crippen LogP contribution is 2.19.